The molecular weight excluding hydrogens is 270 g/mol. The Kier molecular flexibility index (Phi) is 3.34. The lowest BCUT2D eigenvalue weighted by molar-refractivity contribution is 0.262. The summed E-state index contributed by atoms with van der Waals surface area (Å²) in [5.74, 6) is 0.470. The van der Waals surface area contributed by atoms with E-state index in [1.54, 1.807) is 30.2 Å². The fourth-order valence-corrected chi connectivity index (χ4v) is 1.84. The minimum absolute atomic E-state index is 0.396. The number of carbonyl (C=O) groups is 1. The summed E-state index contributed by atoms with van der Waals surface area (Å²) < 4.78 is 1.60. The third-order valence-electron chi connectivity index (χ3n) is 2.76. The molecular formula is C13H13N7O. The third-order valence-corrected chi connectivity index (χ3v) is 2.76. The van der Waals surface area contributed by atoms with Gasteiger partial charge in [0, 0.05) is 25.5 Å². The zero-order valence-electron chi connectivity index (χ0n) is 11.2. The molecule has 0 fully saturated rings. The van der Waals surface area contributed by atoms with E-state index in [4.69, 9.17) is 0 Å². The monoisotopic (exact) mass is 283 g/mol. The molecule has 3 N–H and O–H groups in total. The van der Waals surface area contributed by atoms with E-state index in [1.165, 1.54) is 6.20 Å². The van der Waals surface area contributed by atoms with Gasteiger partial charge < -0.3 is 5.32 Å². The van der Waals surface area contributed by atoms with E-state index in [0.717, 1.165) is 0 Å². The Morgan fingerprint density at radius 2 is 2.19 bits per heavy atom. The molecule has 0 aliphatic rings. The van der Waals surface area contributed by atoms with Gasteiger partial charge in [0.05, 0.1) is 17.6 Å². The van der Waals surface area contributed by atoms with Crippen molar-refractivity contribution in [1.29, 1.82) is 0 Å². The van der Waals surface area contributed by atoms with Crippen molar-refractivity contribution >= 4 is 17.5 Å². The Morgan fingerprint density at radius 1 is 1.29 bits per heavy atom. The fourth-order valence-electron chi connectivity index (χ4n) is 1.84. The molecule has 0 aliphatic carbocycles. The van der Waals surface area contributed by atoms with Gasteiger partial charge in [0.2, 0.25) is 0 Å². The molecule has 0 aromatic carbocycles. The van der Waals surface area contributed by atoms with Gasteiger partial charge in [0.25, 0.3) is 0 Å². The lowest BCUT2D eigenvalue weighted by Crippen LogP contribution is -2.20. The number of H-pyrrole nitrogens is 1. The van der Waals surface area contributed by atoms with Crippen LogP contribution in [-0.2, 0) is 7.05 Å². The molecule has 0 saturated carbocycles. The highest BCUT2D eigenvalue weighted by Gasteiger charge is 2.12. The van der Waals surface area contributed by atoms with Gasteiger partial charge in [-0.05, 0) is 12.1 Å². The number of anilines is 2. The Labute approximate surface area is 120 Å². The molecule has 0 spiro atoms. The zero-order chi connectivity index (χ0) is 14.7. The number of hydrogen-bond acceptors (Lipinski definition) is 4. The molecule has 0 saturated heterocycles. The van der Waals surface area contributed by atoms with Gasteiger partial charge in [0.1, 0.15) is 5.69 Å². The van der Waals surface area contributed by atoms with Crippen LogP contribution >= 0.6 is 0 Å². The first-order valence-corrected chi connectivity index (χ1v) is 6.25. The van der Waals surface area contributed by atoms with E-state index in [2.05, 4.69) is 30.9 Å². The summed E-state index contributed by atoms with van der Waals surface area (Å²) in [5.41, 5.74) is 1.89. The van der Waals surface area contributed by atoms with Crippen LogP contribution in [-0.4, -0.2) is 31.0 Å². The van der Waals surface area contributed by atoms with E-state index in [1.807, 2.05) is 18.2 Å². The number of amides is 2. The second-order valence-electron chi connectivity index (χ2n) is 4.33. The van der Waals surface area contributed by atoms with Gasteiger partial charge >= 0.3 is 6.03 Å². The second kappa shape index (κ2) is 5.45. The first-order valence-electron chi connectivity index (χ1n) is 6.25. The number of rotatable bonds is 3. The van der Waals surface area contributed by atoms with Gasteiger partial charge in [-0.2, -0.15) is 10.2 Å². The van der Waals surface area contributed by atoms with E-state index in [-0.39, 0.29) is 0 Å². The minimum atomic E-state index is -0.396. The first-order chi connectivity index (χ1) is 10.2. The summed E-state index contributed by atoms with van der Waals surface area (Å²) in [6.07, 6.45) is 4.95. The molecule has 3 heterocycles. The van der Waals surface area contributed by atoms with E-state index in [0.29, 0.717) is 22.9 Å². The maximum atomic E-state index is 11.9. The van der Waals surface area contributed by atoms with Crippen molar-refractivity contribution in [2.75, 3.05) is 10.6 Å². The number of aryl methyl sites for hydroxylation is 1. The molecule has 106 valence electrons. The lowest BCUT2D eigenvalue weighted by atomic mass is 10.2. The SMILES string of the molecule is Cn1ccc(NC(=O)Nc2cn[nH]c2-c2ccccn2)n1. The summed E-state index contributed by atoms with van der Waals surface area (Å²) in [6, 6.07) is 6.82. The fraction of sp³-hybridized carbons (Fsp3) is 0.0769. The topological polar surface area (TPSA) is 101 Å². The van der Waals surface area contributed by atoms with Crippen molar-refractivity contribution < 1.29 is 4.79 Å². The first kappa shape index (κ1) is 12.9. The molecule has 0 atom stereocenters. The lowest BCUT2D eigenvalue weighted by Gasteiger charge is -2.05. The van der Waals surface area contributed by atoms with Gasteiger partial charge in [0.15, 0.2) is 5.82 Å². The summed E-state index contributed by atoms with van der Waals surface area (Å²) in [5, 5.41) is 16.2. The van der Waals surface area contributed by atoms with Gasteiger partial charge in [-0.15, -0.1) is 0 Å². The van der Waals surface area contributed by atoms with Crippen molar-refractivity contribution in [1.82, 2.24) is 25.0 Å². The Hall–Kier alpha value is -3.16. The maximum Gasteiger partial charge on any atom is 0.325 e. The molecule has 2 amide bonds. The van der Waals surface area contributed by atoms with E-state index < -0.39 is 6.03 Å². The quantitative estimate of drug-likeness (QED) is 0.682. The number of pyridine rings is 1. The maximum absolute atomic E-state index is 11.9. The van der Waals surface area contributed by atoms with Crippen molar-refractivity contribution in [3.05, 3.63) is 42.9 Å². The van der Waals surface area contributed by atoms with Crippen molar-refractivity contribution in [2.45, 2.75) is 0 Å². The zero-order valence-corrected chi connectivity index (χ0v) is 11.2. The number of nitrogens with zero attached hydrogens (tertiary/aromatic N) is 4. The molecule has 8 nitrogen and oxygen atoms in total. The number of aromatic nitrogens is 5. The standard InChI is InChI=1S/C13H13N7O/c1-20-7-5-11(19-20)17-13(21)16-10-8-15-18-12(10)9-4-2-3-6-14-9/h2-8H,1H3,(H,15,18)(H2,16,17,19,21). The van der Waals surface area contributed by atoms with Crippen LogP contribution in [0.4, 0.5) is 16.3 Å². The number of aromatic amines is 1. The van der Waals surface area contributed by atoms with Crippen LogP contribution in [0.5, 0.6) is 0 Å². The predicted molar refractivity (Wildman–Crippen MR) is 77.7 cm³/mol. The summed E-state index contributed by atoms with van der Waals surface area (Å²) in [6.45, 7) is 0. The third kappa shape index (κ3) is 2.89. The molecule has 0 aliphatic heterocycles. The van der Waals surface area contributed by atoms with Crippen molar-refractivity contribution in [3.8, 4) is 11.4 Å². The minimum Gasteiger partial charge on any atom is -0.304 e. The normalized spacial score (nSPS) is 10.3. The van der Waals surface area contributed by atoms with Crippen LogP contribution in [0, 0.1) is 0 Å². The van der Waals surface area contributed by atoms with Crippen LogP contribution in [0.3, 0.4) is 0 Å². The van der Waals surface area contributed by atoms with Crippen LogP contribution in [0.2, 0.25) is 0 Å². The Bertz CT molecular complexity index is 747. The number of nitrogens with one attached hydrogen (secondary N) is 3. The Morgan fingerprint density at radius 3 is 2.90 bits per heavy atom. The van der Waals surface area contributed by atoms with Crippen molar-refractivity contribution in [3.63, 3.8) is 0 Å². The smallest absolute Gasteiger partial charge is 0.304 e. The molecule has 3 rings (SSSR count). The highest BCUT2D eigenvalue weighted by Crippen LogP contribution is 2.23. The molecule has 0 radical (unpaired) electrons. The molecule has 3 aromatic rings. The van der Waals surface area contributed by atoms with Gasteiger partial charge in [-0.3, -0.25) is 20.1 Å². The largest absolute Gasteiger partial charge is 0.325 e. The molecule has 8 heteroatoms. The predicted octanol–water partition coefficient (Wildman–Crippen LogP) is 1.85. The molecule has 21 heavy (non-hydrogen) atoms. The average Bonchev–Trinajstić information content (AvgIpc) is 3.09. The summed E-state index contributed by atoms with van der Waals surface area (Å²) >= 11 is 0. The summed E-state index contributed by atoms with van der Waals surface area (Å²) in [4.78, 5) is 16.2. The van der Waals surface area contributed by atoms with Crippen LogP contribution in [0.15, 0.2) is 42.9 Å². The van der Waals surface area contributed by atoms with Crippen LogP contribution < -0.4 is 10.6 Å². The number of hydrogen-bond donors (Lipinski definition) is 3. The second-order valence-corrected chi connectivity index (χ2v) is 4.33. The van der Waals surface area contributed by atoms with Crippen LogP contribution in [0.1, 0.15) is 0 Å². The average molecular weight is 283 g/mol. The molecule has 3 aromatic heterocycles. The van der Waals surface area contributed by atoms with Gasteiger partial charge in [-0.25, -0.2) is 4.79 Å². The molecule has 0 unspecified atom stereocenters. The highest BCUT2D eigenvalue weighted by molar-refractivity contribution is 6.01. The van der Waals surface area contributed by atoms with Crippen LogP contribution in [0.25, 0.3) is 11.4 Å². The molecule has 0 bridgehead atoms. The Balaban J connectivity index is 1.74. The van der Waals surface area contributed by atoms with E-state index in [9.17, 15) is 4.79 Å². The highest BCUT2D eigenvalue weighted by atomic mass is 16.2. The van der Waals surface area contributed by atoms with Gasteiger partial charge in [-0.1, -0.05) is 6.07 Å². The summed E-state index contributed by atoms with van der Waals surface area (Å²) in [7, 11) is 1.78. The van der Waals surface area contributed by atoms with E-state index >= 15 is 0 Å². The number of urea groups is 1. The number of carbonyl (C=O) groups excluding carboxylic acids is 1. The van der Waals surface area contributed by atoms with Crippen molar-refractivity contribution in [2.24, 2.45) is 7.05 Å².